The summed E-state index contributed by atoms with van der Waals surface area (Å²) >= 11 is 0. The van der Waals surface area contributed by atoms with Crippen LogP contribution in [-0.2, 0) is 0 Å². The van der Waals surface area contributed by atoms with E-state index in [1.54, 1.807) is 48.5 Å². The molecule has 1 unspecified atom stereocenters. The van der Waals surface area contributed by atoms with Gasteiger partial charge in [-0.15, -0.1) is 0 Å². The summed E-state index contributed by atoms with van der Waals surface area (Å²) in [5.74, 6) is -0.104. The van der Waals surface area contributed by atoms with E-state index in [-0.39, 0.29) is 11.7 Å². The quantitative estimate of drug-likeness (QED) is 0.279. The van der Waals surface area contributed by atoms with Crippen LogP contribution in [0.15, 0.2) is 97.1 Å². The molecule has 0 fully saturated rings. The minimum Gasteiger partial charge on any atom is -0.508 e. The van der Waals surface area contributed by atoms with E-state index in [9.17, 15) is 14.3 Å². The van der Waals surface area contributed by atoms with E-state index in [0.717, 1.165) is 22.0 Å². The number of halogens is 1. The highest BCUT2D eigenvalue weighted by atomic mass is 19.1. The monoisotopic (exact) mass is 466 g/mol. The number of rotatable bonds is 6. The maximum Gasteiger partial charge on any atom is 0.252 e. The van der Waals surface area contributed by atoms with Gasteiger partial charge in [-0.3, -0.25) is 4.79 Å². The Balaban J connectivity index is 1.54. The molecular weight excluding hydrogens is 443 g/mol. The number of methoxy groups -OCH3 is 1. The number of aromatic hydroxyl groups is 1. The Labute approximate surface area is 201 Å². The lowest BCUT2D eigenvalue weighted by Gasteiger charge is -2.21. The molecule has 1 amide bonds. The van der Waals surface area contributed by atoms with Crippen LogP contribution >= 0.6 is 0 Å². The predicted octanol–water partition coefficient (Wildman–Crippen LogP) is 6.21. The van der Waals surface area contributed by atoms with Gasteiger partial charge in [0.05, 0.1) is 13.2 Å². The molecule has 1 atom stereocenters. The second kappa shape index (κ2) is 9.35. The van der Waals surface area contributed by atoms with Crippen molar-refractivity contribution < 1.29 is 19.0 Å². The van der Waals surface area contributed by atoms with E-state index in [4.69, 9.17) is 4.74 Å². The molecule has 0 aliphatic rings. The van der Waals surface area contributed by atoms with Gasteiger partial charge in [0.2, 0.25) is 0 Å². The summed E-state index contributed by atoms with van der Waals surface area (Å²) in [6, 6.07) is 27.3. The van der Waals surface area contributed by atoms with Crippen molar-refractivity contribution in [2.45, 2.75) is 6.04 Å². The first kappa shape index (κ1) is 22.2. The summed E-state index contributed by atoms with van der Waals surface area (Å²) in [5, 5.41) is 13.6. The first-order chi connectivity index (χ1) is 17.0. The number of phenolic OH excluding ortho intramolecular Hbond substituents is 1. The van der Waals surface area contributed by atoms with Crippen LogP contribution < -0.4 is 10.1 Å². The van der Waals surface area contributed by atoms with Gasteiger partial charge in [-0.1, -0.05) is 42.5 Å². The molecule has 0 aliphatic heterocycles. The maximum absolute atomic E-state index is 14.3. The van der Waals surface area contributed by atoms with Gasteiger partial charge >= 0.3 is 0 Å². The Bertz CT molecular complexity index is 1480. The zero-order valence-electron chi connectivity index (χ0n) is 19.0. The molecule has 1 heterocycles. The van der Waals surface area contributed by atoms with E-state index in [2.05, 4.69) is 10.3 Å². The first-order valence-electron chi connectivity index (χ1n) is 11.1. The first-order valence-corrected chi connectivity index (χ1v) is 11.1. The Hall–Kier alpha value is -4.58. The smallest absolute Gasteiger partial charge is 0.252 e. The summed E-state index contributed by atoms with van der Waals surface area (Å²) < 4.78 is 19.8. The molecular formula is C29H23FN2O3. The molecule has 0 saturated carbocycles. The molecule has 0 bridgehead atoms. The molecule has 5 nitrogen and oxygen atoms in total. The van der Waals surface area contributed by atoms with E-state index < -0.39 is 11.9 Å². The molecule has 4 aromatic carbocycles. The minimum absolute atomic E-state index is 0.174. The zero-order chi connectivity index (χ0) is 24.4. The van der Waals surface area contributed by atoms with Crippen molar-refractivity contribution >= 4 is 16.8 Å². The summed E-state index contributed by atoms with van der Waals surface area (Å²) in [4.78, 5) is 16.8. The van der Waals surface area contributed by atoms with Gasteiger partial charge in [-0.2, -0.15) is 0 Å². The zero-order valence-corrected chi connectivity index (χ0v) is 19.0. The third-order valence-electron chi connectivity index (χ3n) is 5.97. The SMILES string of the molecule is COc1ccc(F)cc1C(NC(=O)c1cccc(-c2ccc(O)cc2)c1)c1cc2ccccc2[nH]1. The number of benzene rings is 4. The van der Waals surface area contributed by atoms with Crippen molar-refractivity contribution in [1.82, 2.24) is 10.3 Å². The van der Waals surface area contributed by atoms with Crippen LogP contribution in [0.1, 0.15) is 27.7 Å². The number of aromatic amines is 1. The van der Waals surface area contributed by atoms with Crippen molar-refractivity contribution in [2.75, 3.05) is 7.11 Å². The molecule has 0 spiro atoms. The van der Waals surface area contributed by atoms with Gasteiger partial charge in [0.15, 0.2) is 0 Å². The molecule has 3 N–H and O–H groups in total. The predicted molar refractivity (Wildman–Crippen MR) is 134 cm³/mol. The molecule has 174 valence electrons. The number of hydrogen-bond donors (Lipinski definition) is 3. The van der Waals surface area contributed by atoms with Gasteiger partial charge in [-0.05, 0) is 71.1 Å². The number of aromatic nitrogens is 1. The molecule has 6 heteroatoms. The second-order valence-electron chi connectivity index (χ2n) is 8.23. The van der Waals surface area contributed by atoms with E-state index in [1.807, 2.05) is 36.4 Å². The van der Waals surface area contributed by atoms with Crippen LogP contribution in [0.25, 0.3) is 22.0 Å². The van der Waals surface area contributed by atoms with Gasteiger partial charge in [0, 0.05) is 22.3 Å². The minimum atomic E-state index is -0.683. The lowest BCUT2D eigenvalue weighted by molar-refractivity contribution is 0.0942. The largest absolute Gasteiger partial charge is 0.508 e. The van der Waals surface area contributed by atoms with Crippen LogP contribution in [0.4, 0.5) is 4.39 Å². The normalized spacial score (nSPS) is 11.8. The lowest BCUT2D eigenvalue weighted by atomic mass is 10.00. The number of carbonyl (C=O) groups excluding carboxylic acids is 1. The van der Waals surface area contributed by atoms with E-state index in [1.165, 1.54) is 19.2 Å². The Morgan fingerprint density at radius 1 is 0.914 bits per heavy atom. The van der Waals surface area contributed by atoms with Crippen molar-refractivity contribution in [3.63, 3.8) is 0 Å². The molecule has 5 rings (SSSR count). The highest BCUT2D eigenvalue weighted by molar-refractivity contribution is 5.96. The summed E-state index contributed by atoms with van der Waals surface area (Å²) in [5.41, 5.74) is 4.28. The summed E-state index contributed by atoms with van der Waals surface area (Å²) in [6.45, 7) is 0. The van der Waals surface area contributed by atoms with Gasteiger partial charge in [0.1, 0.15) is 17.3 Å². The number of ether oxygens (including phenoxy) is 1. The van der Waals surface area contributed by atoms with Crippen LogP contribution in [-0.4, -0.2) is 23.1 Å². The molecule has 0 radical (unpaired) electrons. The summed E-state index contributed by atoms with van der Waals surface area (Å²) in [6.07, 6.45) is 0. The number of phenols is 1. The molecule has 0 aliphatic carbocycles. The second-order valence-corrected chi connectivity index (χ2v) is 8.23. The van der Waals surface area contributed by atoms with Crippen LogP contribution in [0.3, 0.4) is 0 Å². The Morgan fingerprint density at radius 2 is 1.71 bits per heavy atom. The van der Waals surface area contributed by atoms with Gasteiger partial charge in [-0.25, -0.2) is 4.39 Å². The van der Waals surface area contributed by atoms with Crippen LogP contribution in [0.2, 0.25) is 0 Å². The highest BCUT2D eigenvalue weighted by Crippen LogP contribution is 2.33. The van der Waals surface area contributed by atoms with Crippen molar-refractivity contribution in [3.05, 3.63) is 120 Å². The topological polar surface area (TPSA) is 74.3 Å². The number of para-hydroxylation sites is 1. The van der Waals surface area contributed by atoms with Crippen molar-refractivity contribution in [2.24, 2.45) is 0 Å². The molecule has 0 saturated heterocycles. The highest BCUT2D eigenvalue weighted by Gasteiger charge is 2.24. The Kier molecular flexibility index (Phi) is 5.94. The Morgan fingerprint density at radius 3 is 2.49 bits per heavy atom. The maximum atomic E-state index is 14.3. The third-order valence-corrected chi connectivity index (χ3v) is 5.97. The fourth-order valence-electron chi connectivity index (χ4n) is 4.21. The van der Waals surface area contributed by atoms with E-state index >= 15 is 0 Å². The molecule has 1 aromatic heterocycles. The number of carbonyl (C=O) groups is 1. The van der Waals surface area contributed by atoms with Crippen molar-refractivity contribution in [3.8, 4) is 22.6 Å². The van der Waals surface area contributed by atoms with E-state index in [0.29, 0.717) is 22.6 Å². The number of nitrogens with one attached hydrogen (secondary N) is 2. The van der Waals surface area contributed by atoms with Crippen molar-refractivity contribution in [1.29, 1.82) is 0 Å². The number of amides is 1. The molecule has 35 heavy (non-hydrogen) atoms. The number of hydrogen-bond acceptors (Lipinski definition) is 3. The van der Waals surface area contributed by atoms with Crippen LogP contribution in [0.5, 0.6) is 11.5 Å². The fourth-order valence-corrected chi connectivity index (χ4v) is 4.21. The lowest BCUT2D eigenvalue weighted by Crippen LogP contribution is -2.30. The fraction of sp³-hybridized carbons (Fsp3) is 0.0690. The average molecular weight is 467 g/mol. The standard InChI is InChI=1S/C29H23FN2O3/c1-35-27-14-11-22(30)17-24(27)28(26-16-20-5-2-3-8-25(20)31-26)32-29(34)21-7-4-6-19(15-21)18-9-12-23(33)13-10-18/h2-17,28,31,33H,1H3,(H,32,34). The van der Waals surface area contributed by atoms with Gasteiger partial charge in [0.25, 0.3) is 5.91 Å². The number of H-pyrrole nitrogens is 1. The van der Waals surface area contributed by atoms with Crippen LogP contribution in [0, 0.1) is 5.82 Å². The van der Waals surface area contributed by atoms with Gasteiger partial charge < -0.3 is 20.1 Å². The number of fused-ring (bicyclic) bond motifs is 1. The average Bonchev–Trinajstić information content (AvgIpc) is 3.31. The summed E-state index contributed by atoms with van der Waals surface area (Å²) in [7, 11) is 1.52. The molecule has 5 aromatic rings. The third kappa shape index (κ3) is 4.59.